The summed E-state index contributed by atoms with van der Waals surface area (Å²) in [6.45, 7) is 0.384. The van der Waals surface area contributed by atoms with Crippen LogP contribution < -0.4 is 10.2 Å². The average Bonchev–Trinajstić information content (AvgIpc) is 2.79. The number of hydrazone groups is 1. The highest BCUT2D eigenvalue weighted by molar-refractivity contribution is 6.32. The summed E-state index contributed by atoms with van der Waals surface area (Å²) in [5.41, 5.74) is 5.34. The number of carbonyl (C=O) groups excluding carboxylic acids is 1. The summed E-state index contributed by atoms with van der Waals surface area (Å²) in [4.78, 5) is 16.7. The van der Waals surface area contributed by atoms with Gasteiger partial charge in [0, 0.05) is 21.5 Å². The Kier molecular flexibility index (Phi) is 6.46. The summed E-state index contributed by atoms with van der Waals surface area (Å²) < 4.78 is 5.70. The maximum absolute atomic E-state index is 12.3. The molecule has 0 saturated heterocycles. The number of carbonyl (C=O) groups is 1. The highest BCUT2D eigenvalue weighted by Gasteiger charge is 2.06. The second-order valence-corrected chi connectivity index (χ2v) is 7.49. The third kappa shape index (κ3) is 5.40. The van der Waals surface area contributed by atoms with E-state index < -0.39 is 0 Å². The maximum atomic E-state index is 12.3. The van der Waals surface area contributed by atoms with Crippen LogP contribution in [0.25, 0.3) is 10.9 Å². The van der Waals surface area contributed by atoms with Gasteiger partial charge >= 0.3 is 0 Å². The van der Waals surface area contributed by atoms with Gasteiger partial charge in [-0.1, -0.05) is 53.5 Å². The standard InChI is InChI=1S/C24H17Cl2N3O2/c25-20-9-11-21(12-10-20)31-15-16-5-7-17(8-6-16)24(30)29-27-14-19-13-18-3-1-2-4-22(18)28-23(19)26/h1-14H,15H2,(H,29,30). The number of nitrogens with zero attached hydrogens (tertiary/aromatic N) is 2. The second kappa shape index (κ2) is 9.60. The van der Waals surface area contributed by atoms with E-state index in [0.717, 1.165) is 22.2 Å². The minimum Gasteiger partial charge on any atom is -0.489 e. The van der Waals surface area contributed by atoms with Gasteiger partial charge in [0.2, 0.25) is 0 Å². The molecule has 0 radical (unpaired) electrons. The number of rotatable bonds is 6. The van der Waals surface area contributed by atoms with Crippen LogP contribution >= 0.6 is 23.2 Å². The molecule has 0 unspecified atom stereocenters. The first-order chi connectivity index (χ1) is 15.1. The number of hydrogen-bond acceptors (Lipinski definition) is 4. The van der Waals surface area contributed by atoms with E-state index in [4.69, 9.17) is 27.9 Å². The summed E-state index contributed by atoms with van der Waals surface area (Å²) in [7, 11) is 0. The fourth-order valence-electron chi connectivity index (χ4n) is 2.87. The fraction of sp³-hybridized carbons (Fsp3) is 0.0417. The monoisotopic (exact) mass is 449 g/mol. The first-order valence-corrected chi connectivity index (χ1v) is 10.2. The van der Waals surface area contributed by atoms with Gasteiger partial charge < -0.3 is 4.74 Å². The zero-order chi connectivity index (χ0) is 21.6. The molecule has 31 heavy (non-hydrogen) atoms. The van der Waals surface area contributed by atoms with Crippen LogP contribution in [0, 0.1) is 0 Å². The van der Waals surface area contributed by atoms with Gasteiger partial charge in [-0.15, -0.1) is 0 Å². The van der Waals surface area contributed by atoms with Gasteiger partial charge in [-0.25, -0.2) is 10.4 Å². The lowest BCUT2D eigenvalue weighted by molar-refractivity contribution is 0.0955. The molecule has 3 aromatic carbocycles. The number of pyridine rings is 1. The molecule has 7 heteroatoms. The number of para-hydroxylation sites is 1. The molecular formula is C24H17Cl2N3O2. The van der Waals surface area contributed by atoms with E-state index in [0.29, 0.717) is 27.9 Å². The van der Waals surface area contributed by atoms with Crippen molar-refractivity contribution in [3.8, 4) is 5.75 Å². The number of aromatic nitrogens is 1. The van der Waals surface area contributed by atoms with Crippen LogP contribution in [-0.2, 0) is 6.61 Å². The molecule has 0 aliphatic heterocycles. The molecule has 0 spiro atoms. The Morgan fingerprint density at radius 3 is 2.52 bits per heavy atom. The van der Waals surface area contributed by atoms with Crippen molar-refractivity contribution in [3.05, 3.63) is 106 Å². The molecule has 0 fully saturated rings. The quantitative estimate of drug-likeness (QED) is 0.227. The molecule has 0 atom stereocenters. The molecule has 0 saturated carbocycles. The topological polar surface area (TPSA) is 63.6 Å². The maximum Gasteiger partial charge on any atom is 0.271 e. The molecule has 0 aliphatic carbocycles. The normalized spacial score (nSPS) is 11.0. The van der Waals surface area contributed by atoms with Crippen molar-refractivity contribution >= 4 is 46.2 Å². The number of halogens is 2. The molecule has 1 aromatic heterocycles. The van der Waals surface area contributed by atoms with E-state index in [2.05, 4.69) is 15.5 Å². The largest absolute Gasteiger partial charge is 0.489 e. The van der Waals surface area contributed by atoms with Crippen molar-refractivity contribution < 1.29 is 9.53 Å². The number of benzene rings is 3. The number of fused-ring (bicyclic) bond motifs is 1. The van der Waals surface area contributed by atoms with Gasteiger partial charge in [-0.05, 0) is 54.1 Å². The molecule has 1 heterocycles. The third-order valence-corrected chi connectivity index (χ3v) is 5.06. The molecule has 4 aromatic rings. The average molecular weight is 450 g/mol. The van der Waals surface area contributed by atoms with Crippen LogP contribution in [0.15, 0.2) is 84.0 Å². The number of amides is 1. The van der Waals surface area contributed by atoms with Crippen LogP contribution in [0.4, 0.5) is 0 Å². The summed E-state index contributed by atoms with van der Waals surface area (Å²) >= 11 is 12.1. The fourth-order valence-corrected chi connectivity index (χ4v) is 3.19. The number of hydrogen-bond donors (Lipinski definition) is 1. The summed E-state index contributed by atoms with van der Waals surface area (Å²) in [5.74, 6) is 0.397. The van der Waals surface area contributed by atoms with Crippen LogP contribution in [0.5, 0.6) is 5.75 Å². The lowest BCUT2D eigenvalue weighted by Gasteiger charge is -2.07. The van der Waals surface area contributed by atoms with Crippen molar-refractivity contribution in [2.75, 3.05) is 0 Å². The van der Waals surface area contributed by atoms with Gasteiger partial charge in [0.15, 0.2) is 0 Å². The molecule has 0 bridgehead atoms. The van der Waals surface area contributed by atoms with Crippen LogP contribution in [0.1, 0.15) is 21.5 Å². The van der Waals surface area contributed by atoms with E-state index in [1.165, 1.54) is 6.21 Å². The first kappa shape index (κ1) is 20.8. The highest BCUT2D eigenvalue weighted by Crippen LogP contribution is 2.19. The van der Waals surface area contributed by atoms with Crippen molar-refractivity contribution in [3.63, 3.8) is 0 Å². The van der Waals surface area contributed by atoms with Crippen molar-refractivity contribution in [2.24, 2.45) is 5.10 Å². The number of nitrogens with one attached hydrogen (secondary N) is 1. The molecule has 154 valence electrons. The lowest BCUT2D eigenvalue weighted by atomic mass is 10.1. The molecule has 1 N–H and O–H groups in total. The van der Waals surface area contributed by atoms with E-state index >= 15 is 0 Å². The molecule has 0 aliphatic rings. The van der Waals surface area contributed by atoms with Gasteiger partial charge in [0.25, 0.3) is 5.91 Å². The predicted octanol–water partition coefficient (Wildman–Crippen LogP) is 5.88. The Labute approximate surface area is 189 Å². The van der Waals surface area contributed by atoms with Gasteiger partial charge in [-0.3, -0.25) is 4.79 Å². The SMILES string of the molecule is O=C(NN=Cc1cc2ccccc2nc1Cl)c1ccc(COc2ccc(Cl)cc2)cc1. The Balaban J connectivity index is 1.35. The summed E-state index contributed by atoms with van der Waals surface area (Å²) in [6.07, 6.45) is 1.48. The Hall–Kier alpha value is -3.41. The van der Waals surface area contributed by atoms with Gasteiger partial charge in [0.05, 0.1) is 11.7 Å². The Bertz CT molecular complexity index is 1240. The minimum absolute atomic E-state index is 0.321. The van der Waals surface area contributed by atoms with Crippen molar-refractivity contribution in [1.82, 2.24) is 10.4 Å². The molecular weight excluding hydrogens is 433 g/mol. The van der Waals surface area contributed by atoms with Crippen LogP contribution in [0.2, 0.25) is 10.2 Å². The van der Waals surface area contributed by atoms with Gasteiger partial charge in [0.1, 0.15) is 17.5 Å². The lowest BCUT2D eigenvalue weighted by Crippen LogP contribution is -2.17. The molecule has 1 amide bonds. The van der Waals surface area contributed by atoms with Crippen molar-refractivity contribution in [1.29, 1.82) is 0 Å². The first-order valence-electron chi connectivity index (χ1n) is 9.44. The van der Waals surface area contributed by atoms with Crippen LogP contribution in [-0.4, -0.2) is 17.1 Å². The minimum atomic E-state index is -0.328. The zero-order valence-electron chi connectivity index (χ0n) is 16.3. The smallest absolute Gasteiger partial charge is 0.271 e. The predicted molar refractivity (Wildman–Crippen MR) is 124 cm³/mol. The molecule has 4 rings (SSSR count). The van der Waals surface area contributed by atoms with Crippen LogP contribution in [0.3, 0.4) is 0 Å². The van der Waals surface area contributed by atoms with E-state index in [-0.39, 0.29) is 5.91 Å². The second-order valence-electron chi connectivity index (χ2n) is 6.70. The van der Waals surface area contributed by atoms with E-state index in [1.54, 1.807) is 36.4 Å². The van der Waals surface area contributed by atoms with Gasteiger partial charge in [-0.2, -0.15) is 5.10 Å². The third-order valence-electron chi connectivity index (χ3n) is 4.51. The molecule has 5 nitrogen and oxygen atoms in total. The van der Waals surface area contributed by atoms with E-state index in [9.17, 15) is 4.79 Å². The van der Waals surface area contributed by atoms with E-state index in [1.807, 2.05) is 42.5 Å². The Morgan fingerprint density at radius 2 is 1.74 bits per heavy atom. The van der Waals surface area contributed by atoms with Crippen molar-refractivity contribution in [2.45, 2.75) is 6.61 Å². The number of ether oxygens (including phenoxy) is 1. The summed E-state index contributed by atoms with van der Waals surface area (Å²) in [6, 6.07) is 23.8. The zero-order valence-corrected chi connectivity index (χ0v) is 17.8. The Morgan fingerprint density at radius 1 is 1.00 bits per heavy atom. The summed E-state index contributed by atoms with van der Waals surface area (Å²) in [5, 5.41) is 5.93. The highest BCUT2D eigenvalue weighted by atomic mass is 35.5.